The Labute approximate surface area is 148 Å². The van der Waals surface area contributed by atoms with Crippen molar-refractivity contribution in [3.63, 3.8) is 0 Å². The van der Waals surface area contributed by atoms with E-state index < -0.39 is 0 Å². The molecule has 130 valence electrons. The average molecular weight is 351 g/mol. The number of rotatable bonds is 5. The van der Waals surface area contributed by atoms with Gasteiger partial charge in [0.25, 0.3) is 5.91 Å². The van der Waals surface area contributed by atoms with Crippen molar-refractivity contribution in [3.05, 3.63) is 47.8 Å². The van der Waals surface area contributed by atoms with Gasteiger partial charge in [0.2, 0.25) is 0 Å². The normalized spacial score (nSPS) is 16.5. The molecule has 2 aromatic rings. The van der Waals surface area contributed by atoms with Crippen molar-refractivity contribution in [1.29, 1.82) is 0 Å². The highest BCUT2D eigenvalue weighted by Crippen LogP contribution is 2.14. The fraction of sp³-hybridized carbons (Fsp3) is 0.412. The quantitative estimate of drug-likeness (QED) is 0.893. The summed E-state index contributed by atoms with van der Waals surface area (Å²) in [7, 11) is 3.51. The lowest BCUT2D eigenvalue weighted by atomic mass is 10.2. The first-order chi connectivity index (χ1) is 11.2. The minimum atomic E-state index is 0. The first kappa shape index (κ1) is 18.3. The predicted octanol–water partition coefficient (Wildman–Crippen LogP) is 1.80. The number of halogens is 1. The molecule has 0 radical (unpaired) electrons. The van der Waals surface area contributed by atoms with Crippen LogP contribution in [0.2, 0.25) is 0 Å². The molecule has 0 spiro atoms. The summed E-state index contributed by atoms with van der Waals surface area (Å²) in [4.78, 5) is 14.3. The van der Waals surface area contributed by atoms with E-state index >= 15 is 0 Å². The maximum atomic E-state index is 12.5. The largest absolute Gasteiger partial charge is 0.497 e. The molecular weight excluding hydrogens is 328 g/mol. The van der Waals surface area contributed by atoms with Gasteiger partial charge in [-0.15, -0.1) is 12.4 Å². The van der Waals surface area contributed by atoms with Gasteiger partial charge in [-0.25, -0.2) is 0 Å². The van der Waals surface area contributed by atoms with E-state index in [9.17, 15) is 4.79 Å². The van der Waals surface area contributed by atoms with Crippen molar-refractivity contribution >= 4 is 18.3 Å². The van der Waals surface area contributed by atoms with Crippen LogP contribution < -0.4 is 10.1 Å². The Morgan fingerprint density at radius 3 is 2.79 bits per heavy atom. The molecule has 1 N–H and O–H groups in total. The Morgan fingerprint density at radius 2 is 2.17 bits per heavy atom. The number of aromatic nitrogens is 2. The molecule has 1 amide bonds. The number of nitrogens with one attached hydrogen (secondary N) is 1. The van der Waals surface area contributed by atoms with Gasteiger partial charge in [0, 0.05) is 25.8 Å². The maximum Gasteiger partial charge on any atom is 0.257 e. The molecule has 1 unspecified atom stereocenters. The molecule has 1 atom stereocenters. The third kappa shape index (κ3) is 4.07. The second kappa shape index (κ2) is 8.17. The number of benzene rings is 1. The highest BCUT2D eigenvalue weighted by atomic mass is 35.5. The van der Waals surface area contributed by atoms with Crippen LogP contribution in [0.3, 0.4) is 0 Å². The summed E-state index contributed by atoms with van der Waals surface area (Å²) in [6.07, 6.45) is 4.46. The Balaban J connectivity index is 0.00000208. The van der Waals surface area contributed by atoms with Crippen LogP contribution in [-0.2, 0) is 6.54 Å². The van der Waals surface area contributed by atoms with Crippen LogP contribution in [0.4, 0.5) is 0 Å². The molecule has 1 aliphatic rings. The third-order valence-corrected chi connectivity index (χ3v) is 4.29. The van der Waals surface area contributed by atoms with Gasteiger partial charge in [0.1, 0.15) is 5.75 Å². The second-order valence-electron chi connectivity index (χ2n) is 5.84. The van der Waals surface area contributed by atoms with Gasteiger partial charge < -0.3 is 15.0 Å². The number of likely N-dealkylation sites (N-methyl/N-ethyl adjacent to an activating group) is 1. The van der Waals surface area contributed by atoms with E-state index in [2.05, 4.69) is 10.4 Å². The van der Waals surface area contributed by atoms with Gasteiger partial charge in [-0.3, -0.25) is 9.48 Å². The minimum absolute atomic E-state index is 0. The lowest BCUT2D eigenvalue weighted by Gasteiger charge is -2.22. The van der Waals surface area contributed by atoms with Crippen molar-refractivity contribution in [3.8, 4) is 5.75 Å². The van der Waals surface area contributed by atoms with Gasteiger partial charge in [-0.05, 0) is 30.7 Å². The van der Waals surface area contributed by atoms with Crippen LogP contribution in [0.1, 0.15) is 22.3 Å². The monoisotopic (exact) mass is 350 g/mol. The molecule has 3 rings (SSSR count). The zero-order chi connectivity index (χ0) is 16.2. The van der Waals surface area contributed by atoms with E-state index in [0.29, 0.717) is 12.1 Å². The number of carbonyl (C=O) groups excluding carboxylic acids is 1. The molecule has 0 bridgehead atoms. The van der Waals surface area contributed by atoms with Gasteiger partial charge in [-0.1, -0.05) is 12.1 Å². The number of hydrogen-bond acceptors (Lipinski definition) is 4. The molecule has 1 aromatic heterocycles. The van der Waals surface area contributed by atoms with Crippen LogP contribution in [0, 0.1) is 0 Å². The fourth-order valence-corrected chi connectivity index (χ4v) is 2.82. The Morgan fingerprint density at radius 1 is 1.42 bits per heavy atom. The SMILES string of the molecule is COc1ccc(Cn2cc(C(=O)N(C)C3CCNC3)cn2)cc1.Cl. The topological polar surface area (TPSA) is 59.4 Å². The molecular formula is C17H23ClN4O2. The van der Waals surface area contributed by atoms with Gasteiger partial charge in [0.15, 0.2) is 0 Å². The summed E-state index contributed by atoms with van der Waals surface area (Å²) >= 11 is 0. The lowest BCUT2D eigenvalue weighted by Crippen LogP contribution is -2.38. The van der Waals surface area contributed by atoms with Crippen molar-refractivity contribution in [1.82, 2.24) is 20.0 Å². The zero-order valence-corrected chi connectivity index (χ0v) is 14.8. The number of carbonyl (C=O) groups is 1. The molecule has 1 fully saturated rings. The average Bonchev–Trinajstić information content (AvgIpc) is 3.26. The summed E-state index contributed by atoms with van der Waals surface area (Å²) in [5, 5.41) is 7.59. The molecule has 7 heteroatoms. The lowest BCUT2D eigenvalue weighted by molar-refractivity contribution is 0.0743. The van der Waals surface area contributed by atoms with Crippen molar-refractivity contribution in [2.45, 2.75) is 19.0 Å². The van der Waals surface area contributed by atoms with E-state index in [0.717, 1.165) is 30.8 Å². The Kier molecular flexibility index (Phi) is 6.23. The Hall–Kier alpha value is -2.05. The summed E-state index contributed by atoms with van der Waals surface area (Å²) < 4.78 is 6.94. The van der Waals surface area contributed by atoms with Crippen LogP contribution in [0.15, 0.2) is 36.7 Å². The Bertz CT molecular complexity index is 665. The van der Waals surface area contributed by atoms with Gasteiger partial charge >= 0.3 is 0 Å². The van der Waals surface area contributed by atoms with E-state index in [4.69, 9.17) is 4.74 Å². The standard InChI is InChI=1S/C17H22N4O2.ClH/c1-20(15-7-8-18-10-15)17(22)14-9-19-21(12-14)11-13-3-5-16(23-2)6-4-13;/h3-6,9,12,15,18H,7-8,10-11H2,1-2H3;1H. The smallest absolute Gasteiger partial charge is 0.257 e. The van der Waals surface area contributed by atoms with E-state index in [1.54, 1.807) is 18.0 Å². The van der Waals surface area contributed by atoms with Crippen LogP contribution in [0.5, 0.6) is 5.75 Å². The summed E-state index contributed by atoms with van der Waals surface area (Å²) in [5.41, 5.74) is 1.74. The molecule has 1 saturated heterocycles. The number of nitrogens with zero attached hydrogens (tertiary/aromatic N) is 3. The summed E-state index contributed by atoms with van der Waals surface area (Å²) in [6.45, 7) is 2.47. The molecule has 0 saturated carbocycles. The predicted molar refractivity (Wildman–Crippen MR) is 94.9 cm³/mol. The van der Waals surface area contributed by atoms with Gasteiger partial charge in [0.05, 0.1) is 25.4 Å². The number of hydrogen-bond donors (Lipinski definition) is 1. The van der Waals surface area contributed by atoms with E-state index in [-0.39, 0.29) is 24.4 Å². The first-order valence-corrected chi connectivity index (χ1v) is 7.80. The van der Waals surface area contributed by atoms with E-state index in [1.807, 2.05) is 42.4 Å². The third-order valence-electron chi connectivity index (χ3n) is 4.29. The number of ether oxygens (including phenoxy) is 1. The van der Waals surface area contributed by atoms with Crippen LogP contribution in [-0.4, -0.2) is 53.9 Å². The highest BCUT2D eigenvalue weighted by Gasteiger charge is 2.24. The highest BCUT2D eigenvalue weighted by molar-refractivity contribution is 5.93. The summed E-state index contributed by atoms with van der Waals surface area (Å²) in [6, 6.07) is 8.11. The first-order valence-electron chi connectivity index (χ1n) is 7.80. The van der Waals surface area contributed by atoms with Gasteiger partial charge in [-0.2, -0.15) is 5.10 Å². The molecule has 6 nitrogen and oxygen atoms in total. The maximum absolute atomic E-state index is 12.5. The van der Waals surface area contributed by atoms with Crippen LogP contribution >= 0.6 is 12.4 Å². The molecule has 2 heterocycles. The molecule has 1 aromatic carbocycles. The fourth-order valence-electron chi connectivity index (χ4n) is 2.82. The van der Waals surface area contributed by atoms with E-state index in [1.165, 1.54) is 0 Å². The zero-order valence-electron chi connectivity index (χ0n) is 13.9. The van der Waals surface area contributed by atoms with Crippen LogP contribution in [0.25, 0.3) is 0 Å². The number of amides is 1. The van der Waals surface area contributed by atoms with Crippen molar-refractivity contribution < 1.29 is 9.53 Å². The molecule has 1 aliphatic heterocycles. The molecule has 0 aliphatic carbocycles. The minimum Gasteiger partial charge on any atom is -0.497 e. The van der Waals surface area contributed by atoms with Crippen molar-refractivity contribution in [2.75, 3.05) is 27.2 Å². The van der Waals surface area contributed by atoms with Crippen molar-refractivity contribution in [2.24, 2.45) is 0 Å². The second-order valence-corrected chi connectivity index (χ2v) is 5.84. The summed E-state index contributed by atoms with van der Waals surface area (Å²) in [5.74, 6) is 0.858. The molecule has 24 heavy (non-hydrogen) atoms. The number of methoxy groups -OCH3 is 1.